The summed E-state index contributed by atoms with van der Waals surface area (Å²) in [5.41, 5.74) is 1.09. The molecule has 2 atom stereocenters. The summed E-state index contributed by atoms with van der Waals surface area (Å²) >= 11 is 7.28. The zero-order valence-corrected chi connectivity index (χ0v) is 15.8. The molecule has 0 radical (unpaired) electrons. The van der Waals surface area contributed by atoms with Gasteiger partial charge in [-0.2, -0.15) is 4.98 Å². The van der Waals surface area contributed by atoms with Gasteiger partial charge in [-0.05, 0) is 43.0 Å². The van der Waals surface area contributed by atoms with E-state index in [4.69, 9.17) is 16.3 Å². The predicted octanol–water partition coefficient (Wildman–Crippen LogP) is 3.77. The highest BCUT2D eigenvalue weighted by Crippen LogP contribution is 2.45. The average Bonchev–Trinajstić information content (AvgIpc) is 3.08. The number of amides is 1. The summed E-state index contributed by atoms with van der Waals surface area (Å²) < 4.78 is 6.27. The third kappa shape index (κ3) is 3.10. The summed E-state index contributed by atoms with van der Waals surface area (Å²) in [7, 11) is 0. The van der Waals surface area contributed by atoms with E-state index >= 15 is 0 Å². The Morgan fingerprint density at radius 2 is 1.92 bits per heavy atom. The zero-order chi connectivity index (χ0) is 17.7. The van der Waals surface area contributed by atoms with Gasteiger partial charge >= 0.3 is 0 Å². The number of nitrogens with zero attached hydrogens (tertiary/aromatic N) is 2. The molecule has 3 saturated heterocycles. The van der Waals surface area contributed by atoms with E-state index in [-0.39, 0.29) is 12.0 Å². The van der Waals surface area contributed by atoms with Crippen LogP contribution in [0.15, 0.2) is 29.6 Å². The molecule has 5 nitrogen and oxygen atoms in total. The Kier molecular flexibility index (Phi) is 4.14. The van der Waals surface area contributed by atoms with E-state index < -0.39 is 0 Å². The Bertz CT molecular complexity index is 794. The molecule has 7 heteroatoms. The minimum absolute atomic E-state index is 0.227. The maximum absolute atomic E-state index is 12.4. The van der Waals surface area contributed by atoms with E-state index in [1.165, 1.54) is 30.7 Å². The Morgan fingerprint density at radius 1 is 1.19 bits per heavy atom. The van der Waals surface area contributed by atoms with Gasteiger partial charge in [0.2, 0.25) is 0 Å². The number of ether oxygens (including phenoxy) is 1. The van der Waals surface area contributed by atoms with Gasteiger partial charge in [0.15, 0.2) is 0 Å². The van der Waals surface area contributed by atoms with Crippen molar-refractivity contribution in [3.63, 3.8) is 0 Å². The van der Waals surface area contributed by atoms with Crippen LogP contribution in [0.1, 0.15) is 23.3 Å². The van der Waals surface area contributed by atoms with Crippen molar-refractivity contribution in [3.05, 3.63) is 40.4 Å². The Morgan fingerprint density at radius 3 is 2.62 bits per heavy atom. The maximum atomic E-state index is 12.4. The van der Waals surface area contributed by atoms with Gasteiger partial charge in [0.05, 0.1) is 0 Å². The quantitative estimate of drug-likeness (QED) is 0.864. The molecule has 26 heavy (non-hydrogen) atoms. The second-order valence-corrected chi connectivity index (χ2v) is 8.88. The Balaban J connectivity index is 1.25. The van der Waals surface area contributed by atoms with Crippen LogP contribution in [-0.2, 0) is 0 Å². The second kappa shape index (κ2) is 6.51. The second-order valence-electron chi connectivity index (χ2n) is 7.62. The molecule has 1 saturated carbocycles. The van der Waals surface area contributed by atoms with Crippen LogP contribution in [0.4, 0.5) is 5.69 Å². The highest BCUT2D eigenvalue weighted by atomic mass is 35.5. The number of nitrogens with one attached hydrogen (secondary N) is 1. The summed E-state index contributed by atoms with van der Waals surface area (Å²) in [6, 6.07) is 7.03. The predicted molar refractivity (Wildman–Crippen MR) is 102 cm³/mol. The van der Waals surface area contributed by atoms with Gasteiger partial charge in [-0.25, -0.2) is 0 Å². The van der Waals surface area contributed by atoms with Gasteiger partial charge in [0.1, 0.15) is 11.8 Å². The zero-order valence-electron chi connectivity index (χ0n) is 14.2. The first-order valence-corrected chi connectivity index (χ1v) is 10.3. The van der Waals surface area contributed by atoms with Crippen LogP contribution in [0, 0.1) is 17.8 Å². The van der Waals surface area contributed by atoms with Crippen LogP contribution < -0.4 is 10.1 Å². The van der Waals surface area contributed by atoms with Gasteiger partial charge in [-0.15, -0.1) is 0 Å². The molecule has 1 aliphatic carbocycles. The van der Waals surface area contributed by atoms with Crippen molar-refractivity contribution >= 4 is 34.5 Å². The summed E-state index contributed by atoms with van der Waals surface area (Å²) in [6.45, 7) is 3.56. The fourth-order valence-electron chi connectivity index (χ4n) is 4.82. The van der Waals surface area contributed by atoms with Crippen LogP contribution in [0.3, 0.4) is 0 Å². The summed E-state index contributed by atoms with van der Waals surface area (Å²) in [6.07, 6.45) is 2.79. The number of anilines is 1. The fourth-order valence-corrected chi connectivity index (χ4v) is 5.63. The lowest BCUT2D eigenvalue weighted by atomic mass is 9.66. The maximum Gasteiger partial charge on any atom is 0.275 e. The number of aromatic nitrogens is 1. The third-order valence-corrected chi connectivity index (χ3v) is 6.74. The van der Waals surface area contributed by atoms with Crippen molar-refractivity contribution in [2.24, 2.45) is 17.8 Å². The summed E-state index contributed by atoms with van der Waals surface area (Å²) in [5.74, 6) is 1.84. The van der Waals surface area contributed by atoms with Crippen molar-refractivity contribution < 1.29 is 9.53 Å². The van der Waals surface area contributed by atoms with Crippen molar-refractivity contribution in [2.45, 2.75) is 18.9 Å². The van der Waals surface area contributed by atoms with Gasteiger partial charge in [0.25, 0.3) is 11.1 Å². The molecule has 1 aromatic heterocycles. The molecule has 4 aliphatic rings. The van der Waals surface area contributed by atoms with Gasteiger partial charge in [0, 0.05) is 47.6 Å². The number of piperidine rings is 3. The van der Waals surface area contributed by atoms with E-state index in [9.17, 15) is 4.79 Å². The number of carbonyl (C=O) groups excluding carboxylic acids is 1. The molecular formula is C19H20ClN3O2S. The summed E-state index contributed by atoms with van der Waals surface area (Å²) in [4.78, 5) is 19.4. The summed E-state index contributed by atoms with van der Waals surface area (Å²) in [5, 5.41) is 5.85. The number of thiazole rings is 1. The highest BCUT2D eigenvalue weighted by Gasteiger charge is 2.48. The molecule has 1 N–H and O–H groups in total. The number of hydrogen-bond acceptors (Lipinski definition) is 5. The van der Waals surface area contributed by atoms with Crippen LogP contribution in [0.25, 0.3) is 0 Å². The first kappa shape index (κ1) is 16.5. The minimum atomic E-state index is -0.227. The minimum Gasteiger partial charge on any atom is -0.466 e. The molecule has 2 unspecified atom stereocenters. The number of halogens is 1. The Hall–Kier alpha value is -1.63. The number of benzene rings is 1. The first-order valence-electron chi connectivity index (χ1n) is 9.05. The van der Waals surface area contributed by atoms with E-state index in [1.54, 1.807) is 29.6 Å². The molecule has 4 heterocycles. The largest absolute Gasteiger partial charge is 0.466 e. The molecule has 0 spiro atoms. The number of carbonyl (C=O) groups is 1. The molecule has 4 fully saturated rings. The van der Waals surface area contributed by atoms with Gasteiger partial charge in [-0.3, -0.25) is 4.79 Å². The average molecular weight is 390 g/mol. The molecule has 6 rings (SSSR count). The highest BCUT2D eigenvalue weighted by molar-refractivity contribution is 7.11. The molecular weight excluding hydrogens is 370 g/mol. The smallest absolute Gasteiger partial charge is 0.275 e. The molecule has 2 aromatic rings. The van der Waals surface area contributed by atoms with Gasteiger partial charge in [-0.1, -0.05) is 22.9 Å². The molecule has 4 bridgehead atoms. The van der Waals surface area contributed by atoms with E-state index in [1.807, 2.05) is 0 Å². The fraction of sp³-hybridized carbons (Fsp3) is 0.474. The molecule has 136 valence electrons. The van der Waals surface area contributed by atoms with Crippen molar-refractivity contribution in [1.29, 1.82) is 0 Å². The first-order chi connectivity index (χ1) is 12.6. The topological polar surface area (TPSA) is 54.5 Å². The lowest BCUT2D eigenvalue weighted by Gasteiger charge is -2.55. The van der Waals surface area contributed by atoms with E-state index in [0.29, 0.717) is 33.4 Å². The monoisotopic (exact) mass is 389 g/mol. The lowest BCUT2D eigenvalue weighted by Crippen LogP contribution is -2.61. The molecule has 1 aromatic carbocycles. The van der Waals surface area contributed by atoms with Crippen LogP contribution in [0.2, 0.25) is 5.02 Å². The van der Waals surface area contributed by atoms with Crippen molar-refractivity contribution in [3.8, 4) is 5.19 Å². The molecule has 3 aliphatic heterocycles. The SMILES string of the molecule is O=C(Nc1ccc(Cl)cc1)c1csc(OC2C3CC4CC2CN(C4)C3)n1. The van der Waals surface area contributed by atoms with E-state index in [0.717, 1.165) is 19.0 Å². The van der Waals surface area contributed by atoms with E-state index in [2.05, 4.69) is 15.2 Å². The number of hydrogen-bond donors (Lipinski definition) is 1. The number of rotatable bonds is 4. The van der Waals surface area contributed by atoms with Crippen LogP contribution >= 0.6 is 22.9 Å². The van der Waals surface area contributed by atoms with Crippen LogP contribution in [0.5, 0.6) is 5.19 Å². The lowest BCUT2D eigenvalue weighted by molar-refractivity contribution is -0.0985. The van der Waals surface area contributed by atoms with Gasteiger partial charge < -0.3 is 15.0 Å². The molecule has 1 amide bonds. The normalized spacial score (nSPS) is 31.8. The standard InChI is InChI=1S/C19H20ClN3O2S/c20-14-1-3-15(4-2-14)21-18(24)16-10-26-19(22-16)25-17-12-5-11-6-13(17)9-23(7-11)8-12/h1-4,10-13,17H,5-9H2,(H,21,24). The van der Waals surface area contributed by atoms with Crippen LogP contribution in [-0.4, -0.2) is 41.5 Å². The third-order valence-electron chi connectivity index (χ3n) is 5.76. The van der Waals surface area contributed by atoms with Crippen molar-refractivity contribution in [1.82, 2.24) is 9.88 Å². The van der Waals surface area contributed by atoms with Crippen molar-refractivity contribution in [2.75, 3.05) is 25.0 Å². The Labute approximate surface area is 161 Å².